The van der Waals surface area contributed by atoms with E-state index in [0.29, 0.717) is 6.10 Å². The lowest BCUT2D eigenvalue weighted by atomic mass is 10.1. The van der Waals surface area contributed by atoms with Gasteiger partial charge in [0.15, 0.2) is 0 Å². The molecule has 1 aromatic carbocycles. The van der Waals surface area contributed by atoms with Gasteiger partial charge in [-0.1, -0.05) is 12.1 Å². The highest BCUT2D eigenvalue weighted by Crippen LogP contribution is 2.12. The Balaban J connectivity index is 1.56. The van der Waals surface area contributed by atoms with Crippen molar-refractivity contribution in [2.45, 2.75) is 31.8 Å². The summed E-state index contributed by atoms with van der Waals surface area (Å²) < 4.78 is 10.7. The summed E-state index contributed by atoms with van der Waals surface area (Å²) in [4.78, 5) is 0. The molecule has 0 aromatic heterocycles. The average Bonchev–Trinajstić information content (AvgIpc) is 2.92. The van der Waals surface area contributed by atoms with Crippen molar-refractivity contribution in [3.63, 3.8) is 0 Å². The van der Waals surface area contributed by atoms with Crippen LogP contribution < -0.4 is 10.1 Å². The second kappa shape index (κ2) is 7.39. The van der Waals surface area contributed by atoms with Crippen LogP contribution in [-0.2, 0) is 11.2 Å². The van der Waals surface area contributed by atoms with E-state index >= 15 is 0 Å². The maximum Gasteiger partial charge on any atom is 0.118 e. The predicted molar refractivity (Wildman–Crippen MR) is 73.2 cm³/mol. The van der Waals surface area contributed by atoms with Crippen LogP contribution in [0, 0.1) is 0 Å². The van der Waals surface area contributed by atoms with Crippen molar-refractivity contribution < 1.29 is 9.47 Å². The van der Waals surface area contributed by atoms with Crippen molar-refractivity contribution in [3.05, 3.63) is 29.8 Å². The Morgan fingerprint density at radius 3 is 2.83 bits per heavy atom. The highest BCUT2D eigenvalue weighted by atomic mass is 16.5. The van der Waals surface area contributed by atoms with E-state index in [1.165, 1.54) is 24.8 Å². The summed E-state index contributed by atoms with van der Waals surface area (Å²) in [7, 11) is 1.70. The van der Waals surface area contributed by atoms with Crippen molar-refractivity contribution >= 4 is 0 Å². The molecule has 1 unspecified atom stereocenters. The van der Waals surface area contributed by atoms with Gasteiger partial charge in [0.05, 0.1) is 13.2 Å². The van der Waals surface area contributed by atoms with Crippen LogP contribution in [0.5, 0.6) is 5.75 Å². The quantitative estimate of drug-likeness (QED) is 0.753. The number of benzene rings is 1. The minimum atomic E-state index is 0.450. The van der Waals surface area contributed by atoms with Crippen molar-refractivity contribution in [2.75, 3.05) is 26.8 Å². The molecule has 100 valence electrons. The van der Waals surface area contributed by atoms with Crippen molar-refractivity contribution in [2.24, 2.45) is 0 Å². The third kappa shape index (κ3) is 4.31. The third-order valence-electron chi connectivity index (χ3n) is 3.37. The molecule has 0 bridgehead atoms. The summed E-state index contributed by atoms with van der Waals surface area (Å²) in [6.07, 6.45) is 5.16. The zero-order valence-corrected chi connectivity index (χ0v) is 11.2. The maximum atomic E-state index is 5.57. The Labute approximate surface area is 109 Å². The molecule has 0 radical (unpaired) electrons. The van der Waals surface area contributed by atoms with E-state index in [9.17, 15) is 0 Å². The van der Waals surface area contributed by atoms with Gasteiger partial charge in [-0.05, 0) is 49.9 Å². The molecule has 1 N–H and O–H groups in total. The summed E-state index contributed by atoms with van der Waals surface area (Å²) in [6.45, 7) is 3.01. The van der Waals surface area contributed by atoms with Crippen LogP contribution in [-0.4, -0.2) is 32.9 Å². The molecule has 1 aromatic rings. The Morgan fingerprint density at radius 1 is 1.33 bits per heavy atom. The van der Waals surface area contributed by atoms with Crippen LogP contribution in [0.25, 0.3) is 0 Å². The molecule has 3 heteroatoms. The van der Waals surface area contributed by atoms with E-state index in [-0.39, 0.29) is 0 Å². The second-order valence-corrected chi connectivity index (χ2v) is 4.79. The van der Waals surface area contributed by atoms with Crippen molar-refractivity contribution in [1.29, 1.82) is 0 Å². The van der Waals surface area contributed by atoms with Gasteiger partial charge in [0, 0.05) is 13.2 Å². The Kier molecular flexibility index (Phi) is 5.49. The fraction of sp³-hybridized carbons (Fsp3) is 0.600. The smallest absolute Gasteiger partial charge is 0.118 e. The number of hydrogen-bond donors (Lipinski definition) is 1. The average molecular weight is 249 g/mol. The summed E-state index contributed by atoms with van der Waals surface area (Å²) in [5, 5.41) is 3.47. The molecule has 18 heavy (non-hydrogen) atoms. The van der Waals surface area contributed by atoms with Crippen LogP contribution in [0.2, 0.25) is 0 Å². The normalized spacial score (nSPS) is 19.1. The van der Waals surface area contributed by atoms with Gasteiger partial charge in [-0.15, -0.1) is 0 Å². The zero-order valence-electron chi connectivity index (χ0n) is 11.2. The van der Waals surface area contributed by atoms with Crippen LogP contribution in [0.3, 0.4) is 0 Å². The molecule has 2 rings (SSSR count). The lowest BCUT2D eigenvalue weighted by Crippen LogP contribution is -2.27. The first-order chi connectivity index (χ1) is 8.88. The van der Waals surface area contributed by atoms with E-state index in [4.69, 9.17) is 9.47 Å². The largest absolute Gasteiger partial charge is 0.497 e. The fourth-order valence-electron chi connectivity index (χ4n) is 2.28. The predicted octanol–water partition coefficient (Wildman–Crippen LogP) is 2.40. The number of rotatable bonds is 7. The molecule has 0 amide bonds. The first kappa shape index (κ1) is 13.4. The van der Waals surface area contributed by atoms with E-state index in [1.54, 1.807) is 7.11 Å². The van der Waals surface area contributed by atoms with Crippen molar-refractivity contribution in [3.8, 4) is 5.75 Å². The van der Waals surface area contributed by atoms with Gasteiger partial charge in [-0.3, -0.25) is 0 Å². The lowest BCUT2D eigenvalue weighted by molar-refractivity contribution is 0.110. The highest BCUT2D eigenvalue weighted by molar-refractivity contribution is 5.27. The van der Waals surface area contributed by atoms with Gasteiger partial charge in [-0.25, -0.2) is 0 Å². The lowest BCUT2D eigenvalue weighted by Gasteiger charge is -2.10. The topological polar surface area (TPSA) is 30.5 Å². The van der Waals surface area contributed by atoms with Crippen LogP contribution in [0.4, 0.5) is 0 Å². The van der Waals surface area contributed by atoms with E-state index in [1.807, 2.05) is 12.1 Å². The number of hydrogen-bond acceptors (Lipinski definition) is 3. The number of nitrogens with one attached hydrogen (secondary N) is 1. The van der Waals surface area contributed by atoms with E-state index < -0.39 is 0 Å². The van der Waals surface area contributed by atoms with Gasteiger partial charge >= 0.3 is 0 Å². The molecule has 1 aliphatic heterocycles. The van der Waals surface area contributed by atoms with Gasteiger partial charge in [0.1, 0.15) is 5.75 Å². The zero-order chi connectivity index (χ0) is 12.6. The number of methoxy groups -OCH3 is 1. The molecule has 1 heterocycles. The SMILES string of the molecule is COc1ccc(CCCNCC2CCCO2)cc1. The maximum absolute atomic E-state index is 5.57. The molecule has 3 nitrogen and oxygen atoms in total. The third-order valence-corrected chi connectivity index (χ3v) is 3.37. The summed E-state index contributed by atoms with van der Waals surface area (Å²) in [5.41, 5.74) is 1.37. The number of ether oxygens (including phenoxy) is 2. The Bertz CT molecular complexity index is 331. The Hall–Kier alpha value is -1.06. The minimum absolute atomic E-state index is 0.450. The summed E-state index contributed by atoms with van der Waals surface area (Å²) in [6, 6.07) is 8.32. The minimum Gasteiger partial charge on any atom is -0.497 e. The summed E-state index contributed by atoms with van der Waals surface area (Å²) >= 11 is 0. The van der Waals surface area contributed by atoms with Gasteiger partial charge in [-0.2, -0.15) is 0 Å². The highest BCUT2D eigenvalue weighted by Gasteiger charge is 2.13. The van der Waals surface area contributed by atoms with Crippen LogP contribution in [0.15, 0.2) is 24.3 Å². The molecule has 0 aliphatic carbocycles. The van der Waals surface area contributed by atoms with Gasteiger partial charge in [0.2, 0.25) is 0 Å². The molecule has 1 fully saturated rings. The Morgan fingerprint density at radius 2 is 2.17 bits per heavy atom. The van der Waals surface area contributed by atoms with E-state index in [2.05, 4.69) is 17.4 Å². The monoisotopic (exact) mass is 249 g/mol. The number of aryl methyl sites for hydroxylation is 1. The first-order valence-electron chi connectivity index (χ1n) is 6.84. The molecule has 1 saturated heterocycles. The molecule has 0 spiro atoms. The van der Waals surface area contributed by atoms with Crippen LogP contribution in [0.1, 0.15) is 24.8 Å². The fourth-order valence-corrected chi connectivity index (χ4v) is 2.28. The molecule has 1 atom stereocenters. The molecule has 1 aliphatic rings. The van der Waals surface area contributed by atoms with Gasteiger partial charge < -0.3 is 14.8 Å². The molecular weight excluding hydrogens is 226 g/mol. The standard InChI is InChI=1S/C15H23NO2/c1-17-14-8-6-13(7-9-14)4-2-10-16-12-15-5-3-11-18-15/h6-9,15-16H,2-5,10-12H2,1H3. The van der Waals surface area contributed by atoms with Crippen LogP contribution >= 0.6 is 0 Å². The van der Waals surface area contributed by atoms with Crippen molar-refractivity contribution in [1.82, 2.24) is 5.32 Å². The molecular formula is C15H23NO2. The first-order valence-corrected chi connectivity index (χ1v) is 6.84. The van der Waals surface area contributed by atoms with E-state index in [0.717, 1.165) is 31.9 Å². The summed E-state index contributed by atoms with van der Waals surface area (Å²) in [5.74, 6) is 0.926. The second-order valence-electron chi connectivity index (χ2n) is 4.79. The molecule has 0 saturated carbocycles. The van der Waals surface area contributed by atoms with Gasteiger partial charge in [0.25, 0.3) is 0 Å².